The Labute approximate surface area is 117 Å². The zero-order chi connectivity index (χ0) is 13.1. The number of piperidine rings is 1. The van der Waals surface area contributed by atoms with Crippen LogP contribution in [0.25, 0.3) is 0 Å². The summed E-state index contributed by atoms with van der Waals surface area (Å²) in [6, 6.07) is 0. The predicted octanol–water partition coefficient (Wildman–Crippen LogP) is 2.88. The average molecular weight is 267 g/mol. The molecule has 2 heterocycles. The van der Waals surface area contributed by atoms with Gasteiger partial charge in [-0.25, -0.2) is 0 Å². The van der Waals surface area contributed by atoms with E-state index in [-0.39, 0.29) is 5.60 Å². The van der Waals surface area contributed by atoms with E-state index in [1.807, 2.05) is 0 Å². The number of nitrogens with one attached hydrogen (secondary N) is 1. The molecule has 0 radical (unpaired) electrons. The second kappa shape index (κ2) is 6.11. The zero-order valence-electron chi connectivity index (χ0n) is 12.3. The fourth-order valence-electron chi connectivity index (χ4n) is 4.19. The van der Waals surface area contributed by atoms with Crippen molar-refractivity contribution in [3.63, 3.8) is 0 Å². The van der Waals surface area contributed by atoms with E-state index in [1.54, 1.807) is 0 Å². The molecule has 3 fully saturated rings. The van der Waals surface area contributed by atoms with Crippen LogP contribution in [-0.2, 0) is 9.47 Å². The first-order chi connectivity index (χ1) is 9.31. The largest absolute Gasteiger partial charge is 0.372 e. The summed E-state index contributed by atoms with van der Waals surface area (Å²) in [4.78, 5) is 0. The lowest BCUT2D eigenvalue weighted by molar-refractivity contribution is -0.0635. The van der Waals surface area contributed by atoms with Gasteiger partial charge in [-0.1, -0.05) is 26.2 Å². The minimum Gasteiger partial charge on any atom is -0.372 e. The maximum Gasteiger partial charge on any atom is 0.0840 e. The minimum atomic E-state index is 0.145. The Bertz CT molecular complexity index is 288. The summed E-state index contributed by atoms with van der Waals surface area (Å²) in [5.74, 6) is 0.790. The molecule has 2 aliphatic heterocycles. The first kappa shape index (κ1) is 13.8. The number of hydrogen-bond acceptors (Lipinski definition) is 3. The molecular formula is C16H29NO2. The third kappa shape index (κ3) is 3.14. The lowest BCUT2D eigenvalue weighted by atomic mass is 9.84. The van der Waals surface area contributed by atoms with E-state index in [4.69, 9.17) is 9.47 Å². The fourth-order valence-corrected chi connectivity index (χ4v) is 4.19. The van der Waals surface area contributed by atoms with E-state index in [2.05, 4.69) is 12.2 Å². The van der Waals surface area contributed by atoms with E-state index in [0.29, 0.717) is 12.2 Å². The molecule has 1 saturated carbocycles. The smallest absolute Gasteiger partial charge is 0.0840 e. The highest BCUT2D eigenvalue weighted by molar-refractivity contribution is 4.94. The molecule has 3 aliphatic rings. The van der Waals surface area contributed by atoms with Crippen LogP contribution in [0.3, 0.4) is 0 Å². The van der Waals surface area contributed by atoms with Gasteiger partial charge in [0.1, 0.15) is 0 Å². The number of rotatable bonds is 3. The summed E-state index contributed by atoms with van der Waals surface area (Å²) < 4.78 is 12.6. The second-order valence-electron chi connectivity index (χ2n) is 6.70. The molecule has 0 amide bonds. The van der Waals surface area contributed by atoms with Crippen molar-refractivity contribution in [2.75, 3.05) is 19.7 Å². The maximum atomic E-state index is 6.44. The molecule has 19 heavy (non-hydrogen) atoms. The topological polar surface area (TPSA) is 30.5 Å². The molecule has 1 spiro atoms. The number of ether oxygens (including phenoxy) is 2. The number of hydrogen-bond donors (Lipinski definition) is 1. The van der Waals surface area contributed by atoms with Gasteiger partial charge in [0.15, 0.2) is 0 Å². The average Bonchev–Trinajstić information content (AvgIpc) is 2.83. The van der Waals surface area contributed by atoms with Gasteiger partial charge in [0.25, 0.3) is 0 Å². The Morgan fingerprint density at radius 2 is 2.00 bits per heavy atom. The third-order valence-corrected chi connectivity index (χ3v) is 5.42. The van der Waals surface area contributed by atoms with E-state index < -0.39 is 0 Å². The second-order valence-corrected chi connectivity index (χ2v) is 6.70. The summed E-state index contributed by atoms with van der Waals surface area (Å²) in [6.07, 6.45) is 11.0. The van der Waals surface area contributed by atoms with Crippen molar-refractivity contribution in [2.45, 2.75) is 76.1 Å². The van der Waals surface area contributed by atoms with Crippen molar-refractivity contribution >= 4 is 0 Å². The van der Waals surface area contributed by atoms with Gasteiger partial charge in [-0.2, -0.15) is 0 Å². The van der Waals surface area contributed by atoms with Crippen LogP contribution in [0.15, 0.2) is 0 Å². The van der Waals surface area contributed by atoms with E-state index in [9.17, 15) is 0 Å². The highest BCUT2D eigenvalue weighted by atomic mass is 16.6. The highest BCUT2D eigenvalue weighted by Crippen LogP contribution is 2.38. The quantitative estimate of drug-likeness (QED) is 0.853. The van der Waals surface area contributed by atoms with Gasteiger partial charge < -0.3 is 14.8 Å². The van der Waals surface area contributed by atoms with E-state index in [1.165, 1.54) is 32.1 Å². The molecule has 1 N–H and O–H groups in total. The van der Waals surface area contributed by atoms with Crippen LogP contribution < -0.4 is 5.32 Å². The maximum absolute atomic E-state index is 6.44. The molecule has 3 nitrogen and oxygen atoms in total. The van der Waals surface area contributed by atoms with Crippen LogP contribution in [0.4, 0.5) is 0 Å². The third-order valence-electron chi connectivity index (χ3n) is 5.42. The summed E-state index contributed by atoms with van der Waals surface area (Å²) in [5.41, 5.74) is 0.145. The van der Waals surface area contributed by atoms with Crippen molar-refractivity contribution in [3.05, 3.63) is 0 Å². The molecule has 3 unspecified atom stereocenters. The molecular weight excluding hydrogens is 238 g/mol. The lowest BCUT2D eigenvalue weighted by Gasteiger charge is -2.34. The van der Waals surface area contributed by atoms with Gasteiger partial charge in [0.05, 0.1) is 24.4 Å². The van der Waals surface area contributed by atoms with Gasteiger partial charge in [-0.05, 0) is 44.7 Å². The van der Waals surface area contributed by atoms with Crippen LogP contribution in [-0.4, -0.2) is 37.5 Å². The monoisotopic (exact) mass is 267 g/mol. The van der Waals surface area contributed by atoms with Crippen molar-refractivity contribution in [3.8, 4) is 0 Å². The Morgan fingerprint density at radius 1 is 1.21 bits per heavy atom. The Hall–Kier alpha value is -0.120. The van der Waals surface area contributed by atoms with Crippen molar-refractivity contribution in [1.29, 1.82) is 0 Å². The van der Waals surface area contributed by atoms with Gasteiger partial charge in [-0.15, -0.1) is 0 Å². The van der Waals surface area contributed by atoms with Gasteiger partial charge in [0, 0.05) is 6.42 Å². The summed E-state index contributed by atoms with van der Waals surface area (Å²) >= 11 is 0. The first-order valence-corrected chi connectivity index (χ1v) is 8.31. The van der Waals surface area contributed by atoms with Gasteiger partial charge in [-0.3, -0.25) is 0 Å². The van der Waals surface area contributed by atoms with Crippen molar-refractivity contribution in [2.24, 2.45) is 5.92 Å². The predicted molar refractivity (Wildman–Crippen MR) is 76.3 cm³/mol. The molecule has 3 atom stereocenters. The van der Waals surface area contributed by atoms with Crippen LogP contribution in [0, 0.1) is 5.92 Å². The first-order valence-electron chi connectivity index (χ1n) is 8.31. The molecule has 2 saturated heterocycles. The zero-order valence-corrected chi connectivity index (χ0v) is 12.3. The fraction of sp³-hybridized carbons (Fsp3) is 1.00. The minimum absolute atomic E-state index is 0.145. The molecule has 0 bridgehead atoms. The Kier molecular flexibility index (Phi) is 4.45. The molecule has 110 valence electrons. The Balaban J connectivity index is 1.53. The van der Waals surface area contributed by atoms with E-state index >= 15 is 0 Å². The standard InChI is InChI=1S/C16H29NO2/c1-2-13-5-3-4-6-15(13)19-14-11-16(18-12-14)7-9-17-10-8-16/h13-15,17H,2-12H2,1H3. The lowest BCUT2D eigenvalue weighted by Crippen LogP contribution is -2.42. The normalized spacial score (nSPS) is 38.7. The van der Waals surface area contributed by atoms with Gasteiger partial charge in [0.2, 0.25) is 0 Å². The summed E-state index contributed by atoms with van der Waals surface area (Å²) in [5, 5.41) is 3.43. The molecule has 3 rings (SSSR count). The highest BCUT2D eigenvalue weighted by Gasteiger charge is 2.42. The van der Waals surface area contributed by atoms with E-state index in [0.717, 1.165) is 44.9 Å². The SMILES string of the molecule is CCC1CCCCC1OC1COC2(CCNCC2)C1. The van der Waals surface area contributed by atoms with Gasteiger partial charge >= 0.3 is 0 Å². The molecule has 0 aromatic rings. The molecule has 0 aromatic heterocycles. The summed E-state index contributed by atoms with van der Waals surface area (Å²) in [6.45, 7) is 5.35. The Morgan fingerprint density at radius 3 is 2.79 bits per heavy atom. The van der Waals surface area contributed by atoms with Crippen LogP contribution in [0.1, 0.15) is 58.3 Å². The summed E-state index contributed by atoms with van der Waals surface area (Å²) in [7, 11) is 0. The molecule has 0 aromatic carbocycles. The van der Waals surface area contributed by atoms with Crippen molar-refractivity contribution in [1.82, 2.24) is 5.32 Å². The van der Waals surface area contributed by atoms with Crippen molar-refractivity contribution < 1.29 is 9.47 Å². The van der Waals surface area contributed by atoms with Crippen LogP contribution in [0.2, 0.25) is 0 Å². The molecule has 3 heteroatoms. The van der Waals surface area contributed by atoms with Crippen LogP contribution in [0.5, 0.6) is 0 Å². The molecule has 1 aliphatic carbocycles. The van der Waals surface area contributed by atoms with Crippen LogP contribution >= 0.6 is 0 Å².